The number of anilines is 1. The molecule has 4 aromatic rings. The summed E-state index contributed by atoms with van der Waals surface area (Å²) >= 11 is 0. The van der Waals surface area contributed by atoms with E-state index in [1.807, 2.05) is 0 Å². The quantitative estimate of drug-likeness (QED) is 0.393. The SMILES string of the molecule is O=C(O)C1C2CCC(C2)C1Nc1nc(-c2cc(-c3ccon3)n(Cc3ccccc3F)n2)ncc1F. The van der Waals surface area contributed by atoms with Crippen LogP contribution in [0.15, 0.2) is 53.4 Å². The van der Waals surface area contributed by atoms with Crippen LogP contribution in [0.3, 0.4) is 0 Å². The zero-order valence-electron chi connectivity index (χ0n) is 19.0. The lowest BCUT2D eigenvalue weighted by atomic mass is 9.84. The van der Waals surface area contributed by atoms with Crippen LogP contribution >= 0.6 is 0 Å². The summed E-state index contributed by atoms with van der Waals surface area (Å²) in [6.45, 7) is 0.118. The van der Waals surface area contributed by atoms with Crippen molar-refractivity contribution in [2.24, 2.45) is 17.8 Å². The van der Waals surface area contributed by atoms with Crippen molar-refractivity contribution in [1.29, 1.82) is 0 Å². The van der Waals surface area contributed by atoms with Crippen LogP contribution in [-0.2, 0) is 11.3 Å². The molecule has 2 saturated carbocycles. The van der Waals surface area contributed by atoms with E-state index in [2.05, 4.69) is 25.5 Å². The number of hydrogen-bond donors (Lipinski definition) is 2. The second-order valence-electron chi connectivity index (χ2n) is 9.31. The summed E-state index contributed by atoms with van der Waals surface area (Å²) in [6, 6.07) is 9.30. The normalized spacial score (nSPS) is 22.7. The molecule has 6 rings (SSSR count). The number of hydrogen-bond acceptors (Lipinski definition) is 7. The van der Waals surface area contributed by atoms with Crippen molar-refractivity contribution >= 4 is 11.8 Å². The van der Waals surface area contributed by atoms with Crippen LogP contribution in [0.5, 0.6) is 0 Å². The predicted octanol–water partition coefficient (Wildman–Crippen LogP) is 4.23. The Bertz CT molecular complexity index is 1420. The summed E-state index contributed by atoms with van der Waals surface area (Å²) in [7, 11) is 0. The number of nitrogens with one attached hydrogen (secondary N) is 1. The average molecular weight is 492 g/mol. The minimum absolute atomic E-state index is 0.0598. The minimum atomic E-state index is -0.876. The van der Waals surface area contributed by atoms with Gasteiger partial charge in [-0.1, -0.05) is 23.4 Å². The standard InChI is InChI=1S/C25H22F2N6O3/c26-16-4-2-1-3-15(16)12-33-20(18-7-8-36-32-18)10-19(31-33)24-28-11-17(27)23(30-24)29-22-14-6-5-13(9-14)21(22)25(34)35/h1-4,7-8,10-11,13-14,21-22H,5-6,9,12H2,(H,34,35)(H,28,29,30). The van der Waals surface area contributed by atoms with Crippen LogP contribution in [0.4, 0.5) is 14.6 Å². The van der Waals surface area contributed by atoms with E-state index < -0.39 is 23.7 Å². The van der Waals surface area contributed by atoms with E-state index in [0.29, 0.717) is 22.6 Å². The largest absolute Gasteiger partial charge is 0.481 e. The number of carboxylic acid groups (broad SMARTS) is 1. The van der Waals surface area contributed by atoms with Gasteiger partial charge in [-0.05, 0) is 43.2 Å². The molecule has 4 unspecified atom stereocenters. The second-order valence-corrected chi connectivity index (χ2v) is 9.31. The number of nitrogens with zero attached hydrogens (tertiary/aromatic N) is 5. The fourth-order valence-electron chi connectivity index (χ4n) is 5.59. The van der Waals surface area contributed by atoms with E-state index in [-0.39, 0.29) is 35.8 Å². The highest BCUT2D eigenvalue weighted by Crippen LogP contribution is 2.49. The molecule has 0 radical (unpaired) electrons. The summed E-state index contributed by atoms with van der Waals surface area (Å²) in [4.78, 5) is 20.3. The molecular formula is C25H22F2N6O3. The van der Waals surface area contributed by atoms with Gasteiger partial charge in [0.25, 0.3) is 0 Å². The maximum atomic E-state index is 14.7. The van der Waals surface area contributed by atoms with Gasteiger partial charge in [0.05, 0.1) is 24.4 Å². The molecule has 0 aliphatic heterocycles. The van der Waals surface area contributed by atoms with E-state index in [1.54, 1.807) is 35.0 Å². The van der Waals surface area contributed by atoms with Crippen molar-refractivity contribution in [1.82, 2.24) is 24.9 Å². The Morgan fingerprint density at radius 3 is 2.75 bits per heavy atom. The molecule has 2 bridgehead atoms. The smallest absolute Gasteiger partial charge is 0.308 e. The predicted molar refractivity (Wildman–Crippen MR) is 124 cm³/mol. The highest BCUT2D eigenvalue weighted by atomic mass is 19.1. The number of halogens is 2. The van der Waals surface area contributed by atoms with Gasteiger partial charge in [-0.25, -0.2) is 18.7 Å². The topological polar surface area (TPSA) is 119 Å². The van der Waals surface area contributed by atoms with Gasteiger partial charge < -0.3 is 14.9 Å². The summed E-state index contributed by atoms with van der Waals surface area (Å²) in [5.74, 6) is -2.17. The van der Waals surface area contributed by atoms with Gasteiger partial charge in [-0.3, -0.25) is 9.48 Å². The monoisotopic (exact) mass is 492 g/mol. The zero-order chi connectivity index (χ0) is 24.8. The van der Waals surface area contributed by atoms with Crippen LogP contribution in [0.2, 0.25) is 0 Å². The zero-order valence-corrected chi connectivity index (χ0v) is 19.0. The van der Waals surface area contributed by atoms with Crippen molar-refractivity contribution in [3.63, 3.8) is 0 Å². The van der Waals surface area contributed by atoms with Crippen molar-refractivity contribution in [3.05, 3.63) is 66.1 Å². The molecule has 1 aromatic carbocycles. The lowest BCUT2D eigenvalue weighted by molar-refractivity contribution is -0.143. The Kier molecular flexibility index (Phi) is 5.46. The molecule has 3 heterocycles. The first kappa shape index (κ1) is 22.3. The van der Waals surface area contributed by atoms with Gasteiger partial charge in [0, 0.05) is 17.7 Å². The second kappa shape index (κ2) is 8.81. The molecule has 2 aliphatic rings. The number of aliphatic carboxylic acids is 1. The van der Waals surface area contributed by atoms with Gasteiger partial charge in [-0.15, -0.1) is 0 Å². The summed E-state index contributed by atoms with van der Waals surface area (Å²) in [6.07, 6.45) is 5.06. The number of carbonyl (C=O) groups is 1. The fourth-order valence-corrected chi connectivity index (χ4v) is 5.59. The summed E-state index contributed by atoms with van der Waals surface area (Å²) < 4.78 is 35.6. The van der Waals surface area contributed by atoms with Crippen LogP contribution in [0.1, 0.15) is 24.8 Å². The lowest BCUT2D eigenvalue weighted by Crippen LogP contribution is -2.39. The third-order valence-corrected chi connectivity index (χ3v) is 7.24. The molecular weight excluding hydrogens is 470 g/mol. The molecule has 0 spiro atoms. The minimum Gasteiger partial charge on any atom is -0.481 e. The van der Waals surface area contributed by atoms with E-state index >= 15 is 0 Å². The number of carboxylic acids is 1. The Morgan fingerprint density at radius 2 is 1.97 bits per heavy atom. The number of benzene rings is 1. The summed E-state index contributed by atoms with van der Waals surface area (Å²) in [5.41, 5.74) is 1.78. The van der Waals surface area contributed by atoms with Gasteiger partial charge in [0.1, 0.15) is 23.5 Å². The number of fused-ring (bicyclic) bond motifs is 2. The Labute approximate surface area is 204 Å². The molecule has 2 fully saturated rings. The van der Waals surface area contributed by atoms with Gasteiger partial charge >= 0.3 is 5.97 Å². The van der Waals surface area contributed by atoms with Gasteiger partial charge in [0.15, 0.2) is 17.5 Å². The van der Waals surface area contributed by atoms with Crippen molar-refractivity contribution in [2.75, 3.05) is 5.32 Å². The van der Waals surface area contributed by atoms with Crippen LogP contribution in [0, 0.1) is 29.4 Å². The molecule has 2 N–H and O–H groups in total. The van der Waals surface area contributed by atoms with Gasteiger partial charge in [-0.2, -0.15) is 5.10 Å². The van der Waals surface area contributed by atoms with Crippen LogP contribution < -0.4 is 5.32 Å². The molecule has 2 aliphatic carbocycles. The number of rotatable bonds is 7. The molecule has 0 amide bonds. The van der Waals surface area contributed by atoms with Crippen molar-refractivity contribution < 1.29 is 23.2 Å². The molecule has 3 aromatic heterocycles. The van der Waals surface area contributed by atoms with Crippen LogP contribution in [0.25, 0.3) is 22.9 Å². The lowest BCUT2D eigenvalue weighted by Gasteiger charge is -2.29. The third kappa shape index (κ3) is 3.90. The highest BCUT2D eigenvalue weighted by Gasteiger charge is 2.51. The number of aromatic nitrogens is 5. The maximum Gasteiger partial charge on any atom is 0.308 e. The first-order chi connectivity index (χ1) is 17.5. The maximum absolute atomic E-state index is 14.7. The molecule has 0 saturated heterocycles. The summed E-state index contributed by atoms with van der Waals surface area (Å²) in [5, 5.41) is 21.3. The first-order valence-corrected chi connectivity index (χ1v) is 11.7. The van der Waals surface area contributed by atoms with Crippen molar-refractivity contribution in [2.45, 2.75) is 31.8 Å². The fraction of sp³-hybridized carbons (Fsp3) is 0.320. The van der Waals surface area contributed by atoms with Crippen molar-refractivity contribution in [3.8, 4) is 22.9 Å². The molecule has 36 heavy (non-hydrogen) atoms. The van der Waals surface area contributed by atoms with E-state index in [9.17, 15) is 18.7 Å². The van der Waals surface area contributed by atoms with E-state index in [1.165, 1.54) is 12.3 Å². The average Bonchev–Trinajstić information content (AvgIpc) is 3.66. The Balaban J connectivity index is 1.35. The molecule has 4 atom stereocenters. The van der Waals surface area contributed by atoms with Crippen LogP contribution in [-0.4, -0.2) is 42.0 Å². The Morgan fingerprint density at radius 1 is 1.14 bits per heavy atom. The van der Waals surface area contributed by atoms with Gasteiger partial charge in [0.2, 0.25) is 0 Å². The highest BCUT2D eigenvalue weighted by molar-refractivity contribution is 5.73. The molecule has 184 valence electrons. The third-order valence-electron chi connectivity index (χ3n) is 7.24. The molecule has 11 heteroatoms. The van der Waals surface area contributed by atoms with E-state index in [4.69, 9.17) is 4.52 Å². The Hall–Kier alpha value is -4.15. The molecule has 9 nitrogen and oxygen atoms in total. The van der Waals surface area contributed by atoms with E-state index in [0.717, 1.165) is 25.5 Å². The first-order valence-electron chi connectivity index (χ1n) is 11.7.